The van der Waals surface area contributed by atoms with Crippen molar-refractivity contribution in [2.45, 2.75) is 32.9 Å². The van der Waals surface area contributed by atoms with E-state index >= 15 is 0 Å². The fraction of sp³-hybridized carbons (Fsp3) is 0.292. The lowest BCUT2D eigenvalue weighted by Crippen LogP contribution is -2.26. The summed E-state index contributed by atoms with van der Waals surface area (Å²) >= 11 is 0. The first-order valence-corrected chi connectivity index (χ1v) is 10.2. The number of nitrogens with one attached hydrogen (secondary N) is 2. The molecule has 5 nitrogen and oxygen atoms in total. The predicted molar refractivity (Wildman–Crippen MR) is 121 cm³/mol. The summed E-state index contributed by atoms with van der Waals surface area (Å²) in [5, 5.41) is 5.18. The highest BCUT2D eigenvalue weighted by Crippen LogP contribution is 2.23. The van der Waals surface area contributed by atoms with Crippen molar-refractivity contribution in [1.82, 2.24) is 10.3 Å². The number of para-hydroxylation sites is 1. The topological polar surface area (TPSA) is 75.4 Å². The van der Waals surface area contributed by atoms with Gasteiger partial charge in [0.15, 0.2) is 0 Å². The first-order valence-electron chi connectivity index (χ1n) is 10.2. The number of nitrogens with zero attached hydrogens (tertiary/aromatic N) is 1. The number of amidine groups is 1. The minimum absolute atomic E-state index is 0.156. The highest BCUT2D eigenvalue weighted by atomic mass is 19.3. The number of ether oxygens (including phenoxy) is 1. The summed E-state index contributed by atoms with van der Waals surface area (Å²) in [7, 11) is 0. The summed E-state index contributed by atoms with van der Waals surface area (Å²) in [6.07, 6.45) is 13.1. The van der Waals surface area contributed by atoms with Crippen LogP contribution in [0.2, 0.25) is 0 Å². The van der Waals surface area contributed by atoms with Crippen LogP contribution in [0.5, 0.6) is 5.75 Å². The molecule has 1 aromatic heterocycles. The van der Waals surface area contributed by atoms with Gasteiger partial charge in [-0.3, -0.25) is 4.99 Å². The second-order valence-corrected chi connectivity index (χ2v) is 7.55. The molecule has 1 aromatic carbocycles. The van der Waals surface area contributed by atoms with Crippen molar-refractivity contribution >= 4 is 18.5 Å². The molecule has 0 aliphatic carbocycles. The van der Waals surface area contributed by atoms with Gasteiger partial charge in [0, 0.05) is 28.2 Å². The van der Waals surface area contributed by atoms with Crippen LogP contribution in [0.15, 0.2) is 60.0 Å². The number of H-pyrrole nitrogens is 1. The van der Waals surface area contributed by atoms with Gasteiger partial charge in [-0.1, -0.05) is 43.9 Å². The fourth-order valence-corrected chi connectivity index (χ4v) is 3.76. The molecule has 164 valence electrons. The summed E-state index contributed by atoms with van der Waals surface area (Å²) in [6.45, 7) is 3.56. The van der Waals surface area contributed by atoms with Gasteiger partial charge in [0.1, 0.15) is 11.6 Å². The first kappa shape index (κ1) is 22.3. The average molecular weight is 427 g/mol. The Morgan fingerprint density at radius 2 is 2.13 bits per heavy atom. The Balaban J connectivity index is 1.71. The van der Waals surface area contributed by atoms with Crippen LogP contribution in [0.3, 0.4) is 0 Å². The van der Waals surface area contributed by atoms with Gasteiger partial charge in [-0.25, -0.2) is 0 Å². The van der Waals surface area contributed by atoms with Crippen molar-refractivity contribution in [2.75, 3.05) is 0 Å². The van der Waals surface area contributed by atoms with Crippen LogP contribution >= 0.6 is 0 Å². The van der Waals surface area contributed by atoms with E-state index in [1.807, 2.05) is 18.5 Å². The number of alkyl halides is 2. The molecule has 2 unspecified atom stereocenters. The zero-order chi connectivity index (χ0) is 22.2. The average Bonchev–Trinajstić information content (AvgIpc) is 2.97. The number of benzene rings is 1. The molecule has 1 aliphatic rings. The number of aliphatic imine (C=N–C) groups is 1. The number of aromatic amines is 1. The highest BCUT2D eigenvalue weighted by Gasteiger charge is 2.20. The van der Waals surface area contributed by atoms with Crippen molar-refractivity contribution in [3.05, 3.63) is 76.7 Å². The maximum atomic E-state index is 12.6. The van der Waals surface area contributed by atoms with Crippen LogP contribution in [-0.4, -0.2) is 17.4 Å². The van der Waals surface area contributed by atoms with Gasteiger partial charge in [0.05, 0.1) is 6.54 Å². The van der Waals surface area contributed by atoms with E-state index in [1.165, 1.54) is 17.8 Å². The molecule has 3 rings (SSSR count). The van der Waals surface area contributed by atoms with Crippen molar-refractivity contribution in [3.63, 3.8) is 0 Å². The van der Waals surface area contributed by atoms with E-state index in [-0.39, 0.29) is 18.2 Å². The number of allylic oxidation sites excluding steroid dienone is 2. The van der Waals surface area contributed by atoms with E-state index in [9.17, 15) is 8.78 Å². The largest absolute Gasteiger partial charge is 0.434 e. The van der Waals surface area contributed by atoms with Crippen LogP contribution in [-0.2, 0) is 13.0 Å². The van der Waals surface area contributed by atoms with E-state index in [4.69, 9.17) is 5.73 Å². The maximum absolute atomic E-state index is 12.6. The quantitative estimate of drug-likeness (QED) is 0.637. The number of halogens is 2. The predicted octanol–water partition coefficient (Wildman–Crippen LogP) is 3.18. The molecule has 1 aliphatic heterocycles. The molecule has 2 atom stereocenters. The van der Waals surface area contributed by atoms with Gasteiger partial charge < -0.3 is 20.8 Å². The van der Waals surface area contributed by atoms with Gasteiger partial charge >= 0.3 is 6.61 Å². The van der Waals surface area contributed by atoms with Gasteiger partial charge in [-0.05, 0) is 48.9 Å². The summed E-state index contributed by atoms with van der Waals surface area (Å²) in [6, 6.07) is 6.74. The number of hydrogen-bond donors (Lipinski definition) is 3. The molecule has 2 heterocycles. The highest BCUT2D eigenvalue weighted by molar-refractivity contribution is 5.85. The standard InChI is InChI=1S/C24H28F2N4O/c1-16-12-18(13-20-15-29-17(2)21(20)7-5-10-27)9-11-28-23(16)30-14-19-6-3-4-8-22(19)31-24(25)26/h3-11,15-16,18,24,29H,2,12-14,27H2,1H3,(H,28,30)/b10-5-,21-7+. The second-order valence-electron chi connectivity index (χ2n) is 7.55. The third-order valence-electron chi connectivity index (χ3n) is 5.28. The first-order chi connectivity index (χ1) is 15.0. The van der Waals surface area contributed by atoms with Crippen LogP contribution in [0, 0.1) is 11.8 Å². The zero-order valence-corrected chi connectivity index (χ0v) is 17.5. The monoisotopic (exact) mass is 426 g/mol. The Morgan fingerprint density at radius 1 is 1.32 bits per heavy atom. The molecule has 0 saturated heterocycles. The Bertz CT molecular complexity index is 1070. The lowest BCUT2D eigenvalue weighted by Gasteiger charge is -2.17. The van der Waals surface area contributed by atoms with E-state index < -0.39 is 6.61 Å². The van der Waals surface area contributed by atoms with Gasteiger partial charge in [0.2, 0.25) is 0 Å². The normalized spacial score (nSPS) is 21.0. The summed E-state index contributed by atoms with van der Waals surface area (Å²) in [5.74, 6) is 1.48. The van der Waals surface area contributed by atoms with Crippen molar-refractivity contribution < 1.29 is 13.5 Å². The number of hydrogen-bond acceptors (Lipinski definition) is 3. The lowest BCUT2D eigenvalue weighted by atomic mass is 9.90. The van der Waals surface area contributed by atoms with Gasteiger partial charge in [0.25, 0.3) is 0 Å². The van der Waals surface area contributed by atoms with E-state index in [0.717, 1.165) is 29.2 Å². The van der Waals surface area contributed by atoms with E-state index in [2.05, 4.69) is 39.6 Å². The third kappa shape index (κ3) is 6.07. The van der Waals surface area contributed by atoms with Gasteiger partial charge in [-0.2, -0.15) is 8.78 Å². The van der Waals surface area contributed by atoms with Crippen molar-refractivity contribution in [3.8, 4) is 5.75 Å². The molecule has 0 spiro atoms. The summed E-state index contributed by atoms with van der Waals surface area (Å²) in [5.41, 5.74) is 7.27. The molecule has 0 radical (unpaired) electrons. The van der Waals surface area contributed by atoms with Gasteiger partial charge in [-0.15, -0.1) is 0 Å². The second kappa shape index (κ2) is 10.6. The number of rotatable bonds is 7. The van der Waals surface area contributed by atoms with E-state index in [1.54, 1.807) is 24.3 Å². The fourth-order valence-electron chi connectivity index (χ4n) is 3.76. The van der Waals surface area contributed by atoms with Crippen LogP contribution < -0.4 is 26.4 Å². The Kier molecular flexibility index (Phi) is 7.65. The third-order valence-corrected chi connectivity index (χ3v) is 5.28. The smallest absolute Gasteiger partial charge is 0.387 e. The SMILES string of the molecule is C=c1[nH]cc(CC2C=CNC(=NCc3ccccc3OC(F)F)C(C)C2)/c1=C/C=C\N. The number of aromatic nitrogens is 1. The molecule has 0 saturated carbocycles. The Morgan fingerprint density at radius 3 is 2.90 bits per heavy atom. The summed E-state index contributed by atoms with van der Waals surface area (Å²) < 4.78 is 29.9. The molecule has 31 heavy (non-hydrogen) atoms. The molecule has 7 heteroatoms. The molecule has 0 bridgehead atoms. The van der Waals surface area contributed by atoms with Crippen LogP contribution in [0.4, 0.5) is 8.78 Å². The Hall–Kier alpha value is -3.35. The number of nitrogens with two attached hydrogens (primary N) is 1. The molecular weight excluding hydrogens is 398 g/mol. The molecular formula is C24H28F2N4O. The van der Waals surface area contributed by atoms with Crippen LogP contribution in [0.1, 0.15) is 24.5 Å². The molecule has 2 aromatic rings. The zero-order valence-electron chi connectivity index (χ0n) is 17.5. The lowest BCUT2D eigenvalue weighted by molar-refractivity contribution is -0.0504. The van der Waals surface area contributed by atoms with Crippen molar-refractivity contribution in [1.29, 1.82) is 0 Å². The molecule has 0 fully saturated rings. The van der Waals surface area contributed by atoms with Crippen LogP contribution in [0.25, 0.3) is 12.7 Å². The molecule has 4 N–H and O–H groups in total. The minimum atomic E-state index is -2.86. The summed E-state index contributed by atoms with van der Waals surface area (Å²) in [4.78, 5) is 7.83. The minimum Gasteiger partial charge on any atom is -0.434 e. The van der Waals surface area contributed by atoms with E-state index in [0.29, 0.717) is 11.5 Å². The maximum Gasteiger partial charge on any atom is 0.387 e. The molecule has 0 amide bonds. The Labute approximate surface area is 180 Å². The van der Waals surface area contributed by atoms with Crippen molar-refractivity contribution in [2.24, 2.45) is 22.6 Å².